The minimum Gasteiger partial charge on any atom is -0.463 e. The van der Waals surface area contributed by atoms with Crippen molar-refractivity contribution in [1.82, 2.24) is 0 Å². The molecular formula is C52H90O7. The summed E-state index contributed by atoms with van der Waals surface area (Å²) in [6, 6.07) is 0. The first kappa shape index (κ1) is 48.8. The second-order valence-corrected chi connectivity index (χ2v) is 21.3. The molecule has 0 aromatic carbocycles. The van der Waals surface area contributed by atoms with E-state index in [2.05, 4.69) is 66.7 Å². The molecule has 3 unspecified atom stereocenters. The smallest absolute Gasteiger partial charge is 0.305 e. The first-order chi connectivity index (χ1) is 28.3. The number of hydrogen-bond acceptors (Lipinski definition) is 7. The number of allylic oxidation sites excluding steroid dienone is 3. The van der Waals surface area contributed by atoms with Crippen LogP contribution in [0.3, 0.4) is 0 Å². The lowest BCUT2D eigenvalue weighted by Crippen LogP contribution is -2.60. The molecule has 1 aliphatic heterocycles. The first-order valence-electron chi connectivity index (χ1n) is 25.1. The summed E-state index contributed by atoms with van der Waals surface area (Å²) in [6.45, 7) is 17.0. The summed E-state index contributed by atoms with van der Waals surface area (Å²) in [5.74, 6) is 5.15. The van der Waals surface area contributed by atoms with Crippen molar-refractivity contribution < 1.29 is 34.3 Å². The van der Waals surface area contributed by atoms with Crippen LogP contribution in [0.25, 0.3) is 0 Å². The number of ether oxygens (including phenoxy) is 3. The van der Waals surface area contributed by atoms with Crippen LogP contribution in [0.5, 0.6) is 0 Å². The molecule has 0 radical (unpaired) electrons. The SMILES string of the molecule is CCCCCCCC/C=C\CCCCCCCC(=O)OCC1O[C@@H](O[C@H]2CC[C@@]3(C)C(=CC[C@H]4[C@@H]5CC[C@H]([C@H](C)CC[C@@H](C)C(C)C)[C@@]5(C)CC[C@@H]43)C2)C(O)C(O)[C@@H]1O. The Labute approximate surface area is 361 Å². The highest BCUT2D eigenvalue weighted by Crippen LogP contribution is 2.67. The van der Waals surface area contributed by atoms with E-state index in [-0.39, 0.29) is 24.1 Å². The second kappa shape index (κ2) is 23.4. The van der Waals surface area contributed by atoms with Crippen molar-refractivity contribution in [3.63, 3.8) is 0 Å². The Morgan fingerprint density at radius 1 is 0.814 bits per heavy atom. The fourth-order valence-corrected chi connectivity index (χ4v) is 12.7. The maximum Gasteiger partial charge on any atom is 0.305 e. The van der Waals surface area contributed by atoms with E-state index in [0.717, 1.165) is 93.3 Å². The Hall–Kier alpha value is -1.25. The lowest BCUT2D eigenvalue weighted by atomic mass is 9.47. The molecule has 4 aliphatic carbocycles. The van der Waals surface area contributed by atoms with Gasteiger partial charge in [-0.1, -0.05) is 136 Å². The normalized spacial score (nSPS) is 36.8. The van der Waals surface area contributed by atoms with Crippen LogP contribution in [0.4, 0.5) is 0 Å². The van der Waals surface area contributed by atoms with Gasteiger partial charge in [0.25, 0.3) is 0 Å². The van der Waals surface area contributed by atoms with Crippen molar-refractivity contribution in [2.45, 2.75) is 239 Å². The van der Waals surface area contributed by atoms with Crippen molar-refractivity contribution in [1.29, 1.82) is 0 Å². The quantitative estimate of drug-likeness (QED) is 0.0505. The van der Waals surface area contributed by atoms with Crippen molar-refractivity contribution in [3.05, 3.63) is 23.8 Å². The number of carbonyl (C=O) groups excluding carboxylic acids is 1. The number of hydrogen-bond donors (Lipinski definition) is 3. The summed E-state index contributed by atoms with van der Waals surface area (Å²) in [6.07, 6.45) is 28.8. The zero-order valence-electron chi connectivity index (χ0n) is 38.9. The summed E-state index contributed by atoms with van der Waals surface area (Å²) < 4.78 is 18.0. The van der Waals surface area contributed by atoms with Crippen LogP contribution >= 0.6 is 0 Å². The number of aliphatic hydroxyl groups excluding tert-OH is 3. The number of rotatable bonds is 24. The summed E-state index contributed by atoms with van der Waals surface area (Å²) >= 11 is 0. The van der Waals surface area contributed by atoms with E-state index in [0.29, 0.717) is 17.8 Å². The number of carbonyl (C=O) groups is 1. The van der Waals surface area contributed by atoms with E-state index >= 15 is 0 Å². The lowest BCUT2D eigenvalue weighted by molar-refractivity contribution is -0.313. The molecule has 0 bridgehead atoms. The molecule has 3 N–H and O–H groups in total. The van der Waals surface area contributed by atoms with Gasteiger partial charge in [-0.25, -0.2) is 0 Å². The maximum absolute atomic E-state index is 12.6. The molecular weight excluding hydrogens is 737 g/mol. The van der Waals surface area contributed by atoms with E-state index in [1.165, 1.54) is 95.5 Å². The molecule has 7 nitrogen and oxygen atoms in total. The average Bonchev–Trinajstić information content (AvgIpc) is 3.58. The highest BCUT2D eigenvalue weighted by molar-refractivity contribution is 5.69. The average molecular weight is 827 g/mol. The van der Waals surface area contributed by atoms with Gasteiger partial charge in [0.2, 0.25) is 0 Å². The molecule has 3 saturated carbocycles. The van der Waals surface area contributed by atoms with Crippen molar-refractivity contribution in [2.24, 2.45) is 52.3 Å². The molecule has 1 heterocycles. The van der Waals surface area contributed by atoms with Gasteiger partial charge in [0.05, 0.1) is 6.10 Å². The van der Waals surface area contributed by atoms with Gasteiger partial charge in [-0.15, -0.1) is 0 Å². The molecule has 4 fully saturated rings. The Balaban J connectivity index is 1.02. The van der Waals surface area contributed by atoms with Gasteiger partial charge in [-0.3, -0.25) is 4.79 Å². The maximum atomic E-state index is 12.6. The Bertz CT molecular complexity index is 1310. The number of fused-ring (bicyclic) bond motifs is 5. The van der Waals surface area contributed by atoms with E-state index in [4.69, 9.17) is 14.2 Å². The van der Waals surface area contributed by atoms with Crippen molar-refractivity contribution >= 4 is 5.97 Å². The van der Waals surface area contributed by atoms with Gasteiger partial charge >= 0.3 is 5.97 Å². The molecule has 1 saturated heterocycles. The molecule has 5 aliphatic rings. The molecule has 5 rings (SSSR count). The highest BCUT2D eigenvalue weighted by atomic mass is 16.7. The van der Waals surface area contributed by atoms with E-state index in [1.807, 2.05) is 0 Å². The third-order valence-corrected chi connectivity index (χ3v) is 17.1. The Morgan fingerprint density at radius 2 is 1.49 bits per heavy atom. The number of aliphatic hydroxyl groups is 3. The van der Waals surface area contributed by atoms with Gasteiger partial charge in [-0.2, -0.15) is 0 Å². The third kappa shape index (κ3) is 12.7. The van der Waals surface area contributed by atoms with Crippen LogP contribution in [0.15, 0.2) is 23.8 Å². The zero-order valence-corrected chi connectivity index (χ0v) is 38.9. The van der Waals surface area contributed by atoms with Crippen LogP contribution in [-0.4, -0.2) is 64.7 Å². The summed E-state index contributed by atoms with van der Waals surface area (Å²) in [5.41, 5.74) is 2.12. The van der Waals surface area contributed by atoms with Gasteiger partial charge in [0.1, 0.15) is 31.0 Å². The number of unbranched alkanes of at least 4 members (excludes halogenated alkanes) is 11. The molecule has 340 valence electrons. The van der Waals surface area contributed by atoms with Crippen molar-refractivity contribution in [3.8, 4) is 0 Å². The highest BCUT2D eigenvalue weighted by Gasteiger charge is 2.59. The van der Waals surface area contributed by atoms with Crippen LogP contribution < -0.4 is 0 Å². The van der Waals surface area contributed by atoms with E-state index in [1.54, 1.807) is 0 Å². The second-order valence-electron chi connectivity index (χ2n) is 21.3. The Morgan fingerprint density at radius 3 is 2.19 bits per heavy atom. The predicted octanol–water partition coefficient (Wildman–Crippen LogP) is 12.0. The van der Waals surface area contributed by atoms with Gasteiger partial charge in [-0.05, 0) is 136 Å². The minimum absolute atomic E-state index is 0.143. The van der Waals surface area contributed by atoms with Crippen molar-refractivity contribution in [2.75, 3.05) is 6.61 Å². The summed E-state index contributed by atoms with van der Waals surface area (Å²) in [4.78, 5) is 12.6. The largest absolute Gasteiger partial charge is 0.463 e. The van der Waals surface area contributed by atoms with Crippen LogP contribution in [0, 0.1) is 52.3 Å². The van der Waals surface area contributed by atoms with E-state index < -0.39 is 30.7 Å². The summed E-state index contributed by atoms with van der Waals surface area (Å²) in [5, 5.41) is 32.5. The molecule has 14 atom stereocenters. The zero-order chi connectivity index (χ0) is 42.6. The Kier molecular flexibility index (Phi) is 19.4. The van der Waals surface area contributed by atoms with Gasteiger partial charge in [0.15, 0.2) is 6.29 Å². The molecule has 7 heteroatoms. The molecule has 0 amide bonds. The van der Waals surface area contributed by atoms with Crippen LogP contribution in [0.1, 0.15) is 203 Å². The lowest BCUT2D eigenvalue weighted by Gasteiger charge is -2.58. The summed E-state index contributed by atoms with van der Waals surface area (Å²) in [7, 11) is 0. The molecule has 0 aromatic heterocycles. The number of esters is 1. The van der Waals surface area contributed by atoms with E-state index in [9.17, 15) is 20.1 Å². The fourth-order valence-electron chi connectivity index (χ4n) is 12.7. The third-order valence-electron chi connectivity index (χ3n) is 17.1. The molecule has 0 aromatic rings. The monoisotopic (exact) mass is 827 g/mol. The first-order valence-corrected chi connectivity index (χ1v) is 25.1. The standard InChI is InChI=1S/C52H90O7/c1-8-9-10-11-12-13-14-15-16-17-18-19-20-21-22-23-46(53)57-35-45-47(54)48(55)49(56)50(59-45)58-40-30-32-51(6)39(34-40)26-27-41-43-29-28-42(52(43,7)33-31-44(41)51)38(5)25-24-37(4)36(2)3/h15-16,26,36-38,40-45,47-50,54-56H,8-14,17-25,27-35H2,1-7H3/b16-15-/t37-,38-,40+,41+,42-,43+,44+,45?,47-,48?,49?,50-,51+,52-/m1/s1. The topological polar surface area (TPSA) is 105 Å². The van der Waals surface area contributed by atoms with Crippen LogP contribution in [-0.2, 0) is 19.0 Å². The molecule has 0 spiro atoms. The minimum atomic E-state index is -1.44. The van der Waals surface area contributed by atoms with Gasteiger partial charge in [0, 0.05) is 6.42 Å². The van der Waals surface area contributed by atoms with Gasteiger partial charge < -0.3 is 29.5 Å². The predicted molar refractivity (Wildman–Crippen MR) is 240 cm³/mol. The molecule has 59 heavy (non-hydrogen) atoms. The van der Waals surface area contributed by atoms with Crippen LogP contribution in [0.2, 0.25) is 0 Å². The fraction of sp³-hybridized carbons (Fsp3) is 0.904.